The number of aliphatic hydroxyl groups is 4. The lowest BCUT2D eigenvalue weighted by atomic mass is 9.99. The van der Waals surface area contributed by atoms with Crippen LogP contribution < -0.4 is 0 Å². The van der Waals surface area contributed by atoms with E-state index in [1.54, 1.807) is 0 Å². The average molecular weight is 665 g/mol. The Morgan fingerprint density at radius 1 is 0.681 bits per heavy atom. The zero-order chi connectivity index (χ0) is 34.5. The Morgan fingerprint density at radius 2 is 1.26 bits per heavy atom. The molecule has 10 nitrogen and oxygen atoms in total. The summed E-state index contributed by atoms with van der Waals surface area (Å²) >= 11 is 0. The highest BCUT2D eigenvalue weighted by atomic mass is 16.7. The summed E-state index contributed by atoms with van der Waals surface area (Å²) in [7, 11) is 0. The van der Waals surface area contributed by atoms with Crippen molar-refractivity contribution in [3.8, 4) is 0 Å². The van der Waals surface area contributed by atoms with Gasteiger partial charge >= 0.3 is 11.9 Å². The molecule has 47 heavy (non-hydrogen) atoms. The van der Waals surface area contributed by atoms with E-state index in [4.69, 9.17) is 18.9 Å². The first kappa shape index (κ1) is 42.4. The lowest BCUT2D eigenvalue weighted by Crippen LogP contribution is -2.59. The van der Waals surface area contributed by atoms with Crippen molar-refractivity contribution in [2.45, 2.75) is 141 Å². The Hall–Kier alpha value is -2.60. The summed E-state index contributed by atoms with van der Waals surface area (Å²) in [6, 6.07) is 0. The molecule has 268 valence electrons. The van der Waals surface area contributed by atoms with Gasteiger partial charge in [0.2, 0.25) is 0 Å². The van der Waals surface area contributed by atoms with Gasteiger partial charge in [0, 0.05) is 12.8 Å². The number of rotatable bonds is 26. The number of hydrogen-bond acceptors (Lipinski definition) is 10. The molecule has 0 aliphatic carbocycles. The fraction of sp³-hybridized carbons (Fsp3) is 0.676. The van der Waals surface area contributed by atoms with Gasteiger partial charge in [-0.25, -0.2) is 0 Å². The Labute approximate surface area is 281 Å². The van der Waals surface area contributed by atoms with Crippen LogP contribution in [0.4, 0.5) is 0 Å². The van der Waals surface area contributed by atoms with Crippen molar-refractivity contribution in [2.24, 2.45) is 0 Å². The summed E-state index contributed by atoms with van der Waals surface area (Å²) in [5.41, 5.74) is 0. The van der Waals surface area contributed by atoms with Crippen molar-refractivity contribution < 1.29 is 49.0 Å². The van der Waals surface area contributed by atoms with Crippen molar-refractivity contribution in [1.29, 1.82) is 0 Å². The Morgan fingerprint density at radius 3 is 1.85 bits per heavy atom. The molecular formula is C37H60O10. The van der Waals surface area contributed by atoms with E-state index in [-0.39, 0.29) is 26.1 Å². The first-order valence-corrected chi connectivity index (χ1v) is 17.4. The van der Waals surface area contributed by atoms with E-state index in [0.29, 0.717) is 19.3 Å². The van der Waals surface area contributed by atoms with E-state index in [1.165, 1.54) is 0 Å². The molecule has 1 aliphatic rings. The number of carbonyl (C=O) groups excluding carboxylic acids is 2. The second-order valence-electron chi connectivity index (χ2n) is 11.6. The predicted octanol–water partition coefficient (Wildman–Crippen LogP) is 5.54. The molecule has 1 heterocycles. The van der Waals surface area contributed by atoms with Gasteiger partial charge < -0.3 is 39.4 Å². The average Bonchev–Trinajstić information content (AvgIpc) is 3.06. The second kappa shape index (κ2) is 28.4. The van der Waals surface area contributed by atoms with Crippen LogP contribution in [-0.2, 0) is 28.5 Å². The van der Waals surface area contributed by atoms with Gasteiger partial charge in [-0.15, -0.1) is 0 Å². The van der Waals surface area contributed by atoms with Gasteiger partial charge in [-0.3, -0.25) is 9.59 Å². The van der Waals surface area contributed by atoms with E-state index < -0.39 is 55.4 Å². The molecule has 0 spiro atoms. The zero-order valence-corrected chi connectivity index (χ0v) is 28.5. The van der Waals surface area contributed by atoms with E-state index in [2.05, 4.69) is 68.5 Å². The van der Waals surface area contributed by atoms with Gasteiger partial charge in [0.25, 0.3) is 0 Å². The van der Waals surface area contributed by atoms with Gasteiger partial charge in [-0.05, 0) is 51.4 Å². The highest BCUT2D eigenvalue weighted by molar-refractivity contribution is 5.70. The number of hydrogen-bond donors (Lipinski definition) is 4. The third kappa shape index (κ3) is 21.1. The zero-order valence-electron chi connectivity index (χ0n) is 28.5. The van der Waals surface area contributed by atoms with Gasteiger partial charge in [0.1, 0.15) is 31.0 Å². The second-order valence-corrected chi connectivity index (χ2v) is 11.6. The number of ether oxygens (including phenoxy) is 4. The van der Waals surface area contributed by atoms with Crippen molar-refractivity contribution >= 4 is 11.9 Å². The van der Waals surface area contributed by atoms with Gasteiger partial charge in [-0.1, -0.05) is 100 Å². The van der Waals surface area contributed by atoms with Crippen LogP contribution in [0.3, 0.4) is 0 Å². The lowest BCUT2D eigenvalue weighted by Gasteiger charge is -2.39. The topological polar surface area (TPSA) is 152 Å². The molecule has 0 saturated carbocycles. The van der Waals surface area contributed by atoms with Gasteiger partial charge in [0.05, 0.1) is 13.2 Å². The quantitative estimate of drug-likeness (QED) is 0.0527. The highest BCUT2D eigenvalue weighted by Crippen LogP contribution is 2.22. The standard InChI is InChI=1S/C37H60O10/c1-3-5-7-9-10-11-12-13-14-15-16-17-18-19-20-22-24-26-33(40)46-30(28-44-32(39)25-23-21-8-6-4-2)29-45-37-36(43)35(42)34(41)31(27-38)47-37/h5,7,10-11,13-14,16-17,19-20,30-31,34-38,41-43H,3-4,6,8-9,12,15,18,21-29H2,1-2H3/b7-5-,11-10-,14-13-,17-16-,20-19-. The summed E-state index contributed by atoms with van der Waals surface area (Å²) in [5.74, 6) is -0.899. The maximum atomic E-state index is 12.6. The summed E-state index contributed by atoms with van der Waals surface area (Å²) in [6.07, 6.45) is 24.3. The van der Waals surface area contributed by atoms with Crippen molar-refractivity contribution in [3.05, 3.63) is 60.8 Å². The third-order valence-corrected chi connectivity index (χ3v) is 7.42. The highest BCUT2D eigenvalue weighted by Gasteiger charge is 2.44. The molecule has 0 amide bonds. The molecule has 1 aliphatic heterocycles. The largest absolute Gasteiger partial charge is 0.462 e. The summed E-state index contributed by atoms with van der Waals surface area (Å²) in [4.78, 5) is 24.8. The van der Waals surface area contributed by atoms with Gasteiger partial charge in [-0.2, -0.15) is 0 Å². The number of carbonyl (C=O) groups is 2. The summed E-state index contributed by atoms with van der Waals surface area (Å²) < 4.78 is 21.8. The lowest BCUT2D eigenvalue weighted by molar-refractivity contribution is -0.305. The maximum absolute atomic E-state index is 12.6. The van der Waals surface area contributed by atoms with Crippen LogP contribution in [0.15, 0.2) is 60.8 Å². The number of esters is 2. The minimum atomic E-state index is -1.60. The summed E-state index contributed by atoms with van der Waals surface area (Å²) in [6.45, 7) is 3.10. The smallest absolute Gasteiger partial charge is 0.306 e. The molecule has 0 bridgehead atoms. The fourth-order valence-electron chi connectivity index (χ4n) is 4.63. The first-order chi connectivity index (χ1) is 22.8. The van der Waals surface area contributed by atoms with E-state index in [0.717, 1.165) is 57.8 Å². The molecule has 0 aromatic rings. The molecule has 4 N–H and O–H groups in total. The molecule has 1 rings (SSSR count). The minimum absolute atomic E-state index is 0.149. The van der Waals surface area contributed by atoms with Crippen LogP contribution in [0.2, 0.25) is 0 Å². The summed E-state index contributed by atoms with van der Waals surface area (Å²) in [5, 5.41) is 39.7. The van der Waals surface area contributed by atoms with Crippen molar-refractivity contribution in [1.82, 2.24) is 0 Å². The van der Waals surface area contributed by atoms with E-state index >= 15 is 0 Å². The number of unbranched alkanes of at least 4 members (excludes halogenated alkanes) is 5. The SMILES string of the molecule is CC/C=C\C/C=C\C/C=C\C/C=C\C/C=C\CCCC(=O)OC(COC(=O)CCCCCCC)COC1OC(CO)C(O)C(O)C1O. The van der Waals surface area contributed by atoms with Crippen LogP contribution in [0.5, 0.6) is 0 Å². The van der Waals surface area contributed by atoms with Crippen LogP contribution in [-0.4, -0.2) is 89.0 Å². The molecule has 0 aromatic heterocycles. The third-order valence-electron chi connectivity index (χ3n) is 7.42. The monoisotopic (exact) mass is 664 g/mol. The molecule has 0 aromatic carbocycles. The van der Waals surface area contributed by atoms with Gasteiger partial charge in [0.15, 0.2) is 12.4 Å². The first-order valence-electron chi connectivity index (χ1n) is 17.4. The molecule has 6 atom stereocenters. The van der Waals surface area contributed by atoms with E-state index in [1.807, 2.05) is 6.08 Å². The van der Waals surface area contributed by atoms with Crippen LogP contribution in [0, 0.1) is 0 Å². The van der Waals surface area contributed by atoms with Crippen LogP contribution in [0.1, 0.15) is 104 Å². The molecule has 1 saturated heterocycles. The predicted molar refractivity (Wildman–Crippen MR) is 182 cm³/mol. The Balaban J connectivity index is 2.45. The normalized spacial score (nSPS) is 22.7. The maximum Gasteiger partial charge on any atom is 0.306 e. The molecule has 0 radical (unpaired) electrons. The van der Waals surface area contributed by atoms with Crippen LogP contribution >= 0.6 is 0 Å². The molecular weight excluding hydrogens is 604 g/mol. The van der Waals surface area contributed by atoms with Crippen molar-refractivity contribution in [2.75, 3.05) is 19.8 Å². The molecule has 1 fully saturated rings. The fourth-order valence-corrected chi connectivity index (χ4v) is 4.63. The number of aliphatic hydroxyl groups excluding tert-OH is 4. The molecule has 6 unspecified atom stereocenters. The van der Waals surface area contributed by atoms with Crippen LogP contribution in [0.25, 0.3) is 0 Å². The Kier molecular flexibility index (Phi) is 25.6. The van der Waals surface area contributed by atoms with E-state index in [9.17, 15) is 30.0 Å². The van der Waals surface area contributed by atoms with Crippen molar-refractivity contribution in [3.63, 3.8) is 0 Å². The molecule has 10 heteroatoms. The Bertz CT molecular complexity index is 955. The minimum Gasteiger partial charge on any atom is -0.462 e. The number of allylic oxidation sites excluding steroid dienone is 10.